The minimum Gasteiger partial charge on any atom is -0.338 e. The van der Waals surface area contributed by atoms with Crippen LogP contribution in [0.3, 0.4) is 0 Å². The topological polar surface area (TPSA) is 32.3 Å². The summed E-state index contributed by atoms with van der Waals surface area (Å²) in [5, 5.41) is 2.80. The summed E-state index contributed by atoms with van der Waals surface area (Å²) in [6.07, 6.45) is 0.484. The van der Waals surface area contributed by atoms with E-state index in [2.05, 4.69) is 5.32 Å². The summed E-state index contributed by atoms with van der Waals surface area (Å²) in [6, 6.07) is 16.2. The molecular weight excluding hydrogens is 267 g/mol. The molecule has 0 unspecified atom stereocenters. The standard InChI is InChI=1S/C17H19FN2O/c1-20(13-14-7-3-2-4-8-14)17(21)19-12-11-15-9-5-6-10-16(15)18/h2-10H,11-13H2,1H3,(H,19,21). The summed E-state index contributed by atoms with van der Waals surface area (Å²) in [6.45, 7) is 0.964. The molecule has 0 bridgehead atoms. The van der Waals surface area contributed by atoms with Crippen molar-refractivity contribution in [1.82, 2.24) is 10.2 Å². The summed E-state index contributed by atoms with van der Waals surface area (Å²) >= 11 is 0. The highest BCUT2D eigenvalue weighted by atomic mass is 19.1. The number of nitrogens with one attached hydrogen (secondary N) is 1. The van der Waals surface area contributed by atoms with Crippen LogP contribution in [-0.2, 0) is 13.0 Å². The monoisotopic (exact) mass is 286 g/mol. The Hall–Kier alpha value is -2.36. The number of carbonyl (C=O) groups excluding carboxylic acids is 1. The molecule has 2 amide bonds. The molecule has 2 aromatic rings. The number of benzene rings is 2. The van der Waals surface area contributed by atoms with Crippen molar-refractivity contribution in [3.63, 3.8) is 0 Å². The van der Waals surface area contributed by atoms with E-state index in [1.165, 1.54) is 6.07 Å². The van der Waals surface area contributed by atoms with E-state index in [0.29, 0.717) is 25.1 Å². The summed E-state index contributed by atoms with van der Waals surface area (Å²) < 4.78 is 13.4. The van der Waals surface area contributed by atoms with E-state index in [1.54, 1.807) is 30.1 Å². The van der Waals surface area contributed by atoms with E-state index >= 15 is 0 Å². The van der Waals surface area contributed by atoms with Crippen LogP contribution in [0.2, 0.25) is 0 Å². The molecule has 0 saturated heterocycles. The molecule has 0 aliphatic carbocycles. The molecule has 0 aliphatic rings. The highest BCUT2D eigenvalue weighted by Gasteiger charge is 2.08. The van der Waals surface area contributed by atoms with Crippen LogP contribution in [0.1, 0.15) is 11.1 Å². The third kappa shape index (κ3) is 4.60. The number of halogens is 1. The fourth-order valence-electron chi connectivity index (χ4n) is 2.07. The SMILES string of the molecule is CN(Cc1ccccc1)C(=O)NCCc1ccccc1F. The van der Waals surface area contributed by atoms with Crippen molar-refractivity contribution in [2.75, 3.05) is 13.6 Å². The second-order valence-corrected chi connectivity index (χ2v) is 4.91. The zero-order chi connectivity index (χ0) is 15.1. The van der Waals surface area contributed by atoms with Crippen molar-refractivity contribution < 1.29 is 9.18 Å². The molecule has 2 aromatic carbocycles. The Kier molecular flexibility index (Phi) is 5.32. The van der Waals surface area contributed by atoms with E-state index < -0.39 is 0 Å². The van der Waals surface area contributed by atoms with Gasteiger partial charge in [-0.2, -0.15) is 0 Å². The highest BCUT2D eigenvalue weighted by molar-refractivity contribution is 5.73. The van der Waals surface area contributed by atoms with Gasteiger partial charge in [0, 0.05) is 20.1 Å². The zero-order valence-corrected chi connectivity index (χ0v) is 12.1. The molecule has 0 heterocycles. The van der Waals surface area contributed by atoms with Crippen LogP contribution in [0.15, 0.2) is 54.6 Å². The van der Waals surface area contributed by atoms with Crippen molar-refractivity contribution in [3.8, 4) is 0 Å². The van der Waals surface area contributed by atoms with Crippen LogP contribution in [-0.4, -0.2) is 24.5 Å². The highest BCUT2D eigenvalue weighted by Crippen LogP contribution is 2.06. The molecule has 0 aromatic heterocycles. The predicted molar refractivity (Wildman–Crippen MR) is 81.4 cm³/mol. The quantitative estimate of drug-likeness (QED) is 0.899. The molecule has 1 N–H and O–H groups in total. The van der Waals surface area contributed by atoms with Crippen molar-refractivity contribution in [2.45, 2.75) is 13.0 Å². The Morgan fingerprint density at radius 1 is 1.10 bits per heavy atom. The second kappa shape index (κ2) is 7.43. The molecule has 0 atom stereocenters. The molecule has 110 valence electrons. The molecule has 0 saturated carbocycles. The van der Waals surface area contributed by atoms with Crippen molar-refractivity contribution in [2.24, 2.45) is 0 Å². The Labute approximate surface area is 124 Å². The van der Waals surface area contributed by atoms with E-state index in [1.807, 2.05) is 30.3 Å². The summed E-state index contributed by atoms with van der Waals surface area (Å²) in [5.41, 5.74) is 1.69. The maximum Gasteiger partial charge on any atom is 0.317 e. The largest absolute Gasteiger partial charge is 0.338 e. The van der Waals surface area contributed by atoms with E-state index in [-0.39, 0.29) is 11.8 Å². The maximum atomic E-state index is 13.4. The Bertz CT molecular complexity index is 586. The second-order valence-electron chi connectivity index (χ2n) is 4.91. The lowest BCUT2D eigenvalue weighted by molar-refractivity contribution is 0.207. The third-order valence-electron chi connectivity index (χ3n) is 3.24. The Balaban J connectivity index is 1.78. The van der Waals surface area contributed by atoms with Crippen LogP contribution in [0, 0.1) is 5.82 Å². The van der Waals surface area contributed by atoms with Crippen LogP contribution in [0.4, 0.5) is 9.18 Å². The van der Waals surface area contributed by atoms with Crippen molar-refractivity contribution in [1.29, 1.82) is 0 Å². The number of hydrogen-bond acceptors (Lipinski definition) is 1. The molecule has 3 nitrogen and oxygen atoms in total. The number of urea groups is 1. The molecule has 0 aliphatic heterocycles. The van der Waals surface area contributed by atoms with Gasteiger partial charge in [-0.15, -0.1) is 0 Å². The lowest BCUT2D eigenvalue weighted by Gasteiger charge is -2.18. The van der Waals surface area contributed by atoms with Gasteiger partial charge >= 0.3 is 6.03 Å². The zero-order valence-electron chi connectivity index (χ0n) is 12.1. The molecular formula is C17H19FN2O. The van der Waals surface area contributed by atoms with Gasteiger partial charge in [-0.05, 0) is 23.6 Å². The van der Waals surface area contributed by atoms with E-state index in [0.717, 1.165) is 5.56 Å². The summed E-state index contributed by atoms with van der Waals surface area (Å²) in [4.78, 5) is 13.6. The molecule has 21 heavy (non-hydrogen) atoms. The first-order valence-electron chi connectivity index (χ1n) is 6.93. The van der Waals surface area contributed by atoms with Gasteiger partial charge in [0.15, 0.2) is 0 Å². The van der Waals surface area contributed by atoms with Crippen molar-refractivity contribution >= 4 is 6.03 Å². The van der Waals surface area contributed by atoms with Gasteiger partial charge in [0.05, 0.1) is 0 Å². The van der Waals surface area contributed by atoms with Gasteiger partial charge in [0.25, 0.3) is 0 Å². The smallest absolute Gasteiger partial charge is 0.317 e. The minimum atomic E-state index is -0.232. The predicted octanol–water partition coefficient (Wildman–Crippen LogP) is 3.21. The van der Waals surface area contributed by atoms with Gasteiger partial charge < -0.3 is 10.2 Å². The number of hydrogen-bond donors (Lipinski definition) is 1. The van der Waals surface area contributed by atoms with Crippen molar-refractivity contribution in [3.05, 3.63) is 71.5 Å². The number of rotatable bonds is 5. The van der Waals surface area contributed by atoms with Gasteiger partial charge in [0.1, 0.15) is 5.82 Å². The number of amides is 2. The first-order chi connectivity index (χ1) is 10.2. The Morgan fingerprint density at radius 2 is 1.76 bits per heavy atom. The lowest BCUT2D eigenvalue weighted by Crippen LogP contribution is -2.37. The van der Waals surface area contributed by atoms with Crippen LogP contribution in [0.5, 0.6) is 0 Å². The molecule has 0 radical (unpaired) electrons. The van der Waals surface area contributed by atoms with Crippen LogP contribution >= 0.6 is 0 Å². The van der Waals surface area contributed by atoms with E-state index in [9.17, 15) is 9.18 Å². The minimum absolute atomic E-state index is 0.157. The van der Waals surface area contributed by atoms with E-state index in [4.69, 9.17) is 0 Å². The normalized spacial score (nSPS) is 10.2. The fraction of sp³-hybridized carbons (Fsp3) is 0.235. The summed E-state index contributed by atoms with van der Waals surface area (Å²) in [5.74, 6) is -0.232. The van der Waals surface area contributed by atoms with Crippen LogP contribution in [0.25, 0.3) is 0 Å². The molecule has 0 spiro atoms. The molecule has 4 heteroatoms. The number of nitrogens with zero attached hydrogens (tertiary/aromatic N) is 1. The lowest BCUT2D eigenvalue weighted by atomic mass is 10.1. The van der Waals surface area contributed by atoms with Crippen LogP contribution < -0.4 is 5.32 Å². The summed E-state index contributed by atoms with van der Waals surface area (Å²) in [7, 11) is 1.74. The fourth-order valence-corrected chi connectivity index (χ4v) is 2.07. The Morgan fingerprint density at radius 3 is 2.48 bits per heavy atom. The first-order valence-corrected chi connectivity index (χ1v) is 6.93. The van der Waals surface area contributed by atoms with Gasteiger partial charge in [0.2, 0.25) is 0 Å². The average molecular weight is 286 g/mol. The first kappa shape index (κ1) is 15.0. The third-order valence-corrected chi connectivity index (χ3v) is 3.24. The average Bonchev–Trinajstić information content (AvgIpc) is 2.50. The van der Waals surface area contributed by atoms with Gasteiger partial charge in [-0.1, -0.05) is 48.5 Å². The van der Waals surface area contributed by atoms with Gasteiger partial charge in [-0.3, -0.25) is 0 Å². The molecule has 2 rings (SSSR count). The number of carbonyl (C=O) groups is 1. The maximum absolute atomic E-state index is 13.4. The molecule has 0 fully saturated rings. The van der Waals surface area contributed by atoms with Gasteiger partial charge in [-0.25, -0.2) is 9.18 Å².